The number of hydrogen-bond donors (Lipinski definition) is 1. The number of methoxy groups -OCH3 is 1. The van der Waals surface area contributed by atoms with Crippen molar-refractivity contribution in [2.75, 3.05) is 20.2 Å². The number of nitrogens with zero attached hydrogens (tertiary/aromatic N) is 1. The molecule has 1 aliphatic rings. The van der Waals surface area contributed by atoms with Crippen LogP contribution in [0.4, 0.5) is 0 Å². The molecular weight excluding hydrogens is 436 g/mol. The summed E-state index contributed by atoms with van der Waals surface area (Å²) in [7, 11) is -1.90. The average Bonchev–Trinajstić information content (AvgIpc) is 2.79. The van der Waals surface area contributed by atoms with Crippen LogP contribution in [0.25, 0.3) is 0 Å². The molecule has 1 heterocycles. The highest BCUT2D eigenvalue weighted by Crippen LogP contribution is 2.25. The van der Waals surface area contributed by atoms with Crippen molar-refractivity contribution >= 4 is 27.5 Å². The summed E-state index contributed by atoms with van der Waals surface area (Å²) in [5, 5.41) is 3.67. The molecule has 0 aromatic heterocycles. The number of carbonyl (C=O) groups excluding carboxylic acids is 1. The molecular formula is C23H29ClN2O4S. The molecule has 168 valence electrons. The fourth-order valence-corrected chi connectivity index (χ4v) is 5.58. The lowest BCUT2D eigenvalue weighted by Gasteiger charge is -2.32. The number of hydrogen-bond acceptors (Lipinski definition) is 4. The number of carbonyl (C=O) groups is 1. The Morgan fingerprint density at radius 1 is 1.19 bits per heavy atom. The van der Waals surface area contributed by atoms with Gasteiger partial charge in [-0.15, -0.1) is 0 Å². The summed E-state index contributed by atoms with van der Waals surface area (Å²) in [5.74, 6) is 0.205. The Balaban J connectivity index is 1.64. The number of piperidine rings is 1. The van der Waals surface area contributed by atoms with Gasteiger partial charge in [-0.3, -0.25) is 4.79 Å². The van der Waals surface area contributed by atoms with E-state index >= 15 is 0 Å². The molecule has 0 saturated carbocycles. The van der Waals surface area contributed by atoms with Gasteiger partial charge in [0.25, 0.3) is 0 Å². The van der Waals surface area contributed by atoms with Gasteiger partial charge in [-0.05, 0) is 54.7 Å². The van der Waals surface area contributed by atoms with Crippen molar-refractivity contribution in [2.24, 2.45) is 5.92 Å². The highest BCUT2D eigenvalue weighted by atomic mass is 35.5. The van der Waals surface area contributed by atoms with E-state index in [2.05, 4.69) is 5.32 Å². The number of rotatable bonds is 8. The molecule has 6 nitrogen and oxygen atoms in total. The van der Waals surface area contributed by atoms with E-state index in [1.807, 2.05) is 31.2 Å². The molecule has 2 atom stereocenters. The van der Waals surface area contributed by atoms with Crippen molar-refractivity contribution in [1.82, 2.24) is 9.62 Å². The quantitative estimate of drug-likeness (QED) is 0.636. The molecule has 1 amide bonds. The Morgan fingerprint density at radius 2 is 1.87 bits per heavy atom. The van der Waals surface area contributed by atoms with Crippen molar-refractivity contribution in [1.29, 1.82) is 0 Å². The molecule has 1 N–H and O–H groups in total. The lowest BCUT2D eigenvalue weighted by atomic mass is 9.97. The van der Waals surface area contributed by atoms with Gasteiger partial charge in [0, 0.05) is 18.1 Å². The molecule has 8 heteroatoms. The molecule has 1 saturated heterocycles. The third-order valence-corrected chi connectivity index (χ3v) is 7.72. The van der Waals surface area contributed by atoms with E-state index in [0.29, 0.717) is 30.0 Å². The third-order valence-electron chi connectivity index (χ3n) is 5.65. The fraction of sp³-hybridized carbons (Fsp3) is 0.435. The first-order chi connectivity index (χ1) is 14.8. The number of sulfonamides is 1. The minimum Gasteiger partial charge on any atom is -0.497 e. The molecule has 0 bridgehead atoms. The predicted molar refractivity (Wildman–Crippen MR) is 123 cm³/mol. The van der Waals surface area contributed by atoms with Crippen molar-refractivity contribution in [3.8, 4) is 5.75 Å². The van der Waals surface area contributed by atoms with Gasteiger partial charge in [-0.2, -0.15) is 0 Å². The summed E-state index contributed by atoms with van der Waals surface area (Å²) in [6.07, 6.45) is 2.08. The second-order valence-corrected chi connectivity index (χ2v) is 10.2. The molecule has 2 aromatic carbocycles. The molecule has 0 aliphatic carbocycles. The highest BCUT2D eigenvalue weighted by Gasteiger charge is 2.33. The summed E-state index contributed by atoms with van der Waals surface area (Å²) < 4.78 is 32.5. The summed E-state index contributed by atoms with van der Waals surface area (Å²) in [4.78, 5) is 13.0. The zero-order chi connectivity index (χ0) is 22.4. The monoisotopic (exact) mass is 464 g/mol. The Kier molecular flexibility index (Phi) is 7.97. The Morgan fingerprint density at radius 3 is 2.48 bits per heavy atom. The summed E-state index contributed by atoms with van der Waals surface area (Å²) in [5.41, 5.74) is 1.68. The molecule has 1 fully saturated rings. The number of halogens is 1. The van der Waals surface area contributed by atoms with Crippen LogP contribution in [-0.4, -0.2) is 38.8 Å². The first kappa shape index (κ1) is 23.6. The average molecular weight is 465 g/mol. The minimum atomic E-state index is -3.51. The van der Waals surface area contributed by atoms with Crippen LogP contribution in [0, 0.1) is 5.92 Å². The maximum atomic E-state index is 13.0. The van der Waals surface area contributed by atoms with Gasteiger partial charge in [0.15, 0.2) is 0 Å². The predicted octanol–water partition coefficient (Wildman–Crippen LogP) is 4.16. The number of ether oxygens (including phenoxy) is 1. The van der Waals surface area contributed by atoms with Crippen molar-refractivity contribution in [3.05, 3.63) is 64.7 Å². The van der Waals surface area contributed by atoms with Crippen LogP contribution in [0.15, 0.2) is 48.5 Å². The van der Waals surface area contributed by atoms with Crippen molar-refractivity contribution < 1.29 is 17.9 Å². The van der Waals surface area contributed by atoms with Gasteiger partial charge < -0.3 is 10.1 Å². The lowest BCUT2D eigenvalue weighted by molar-refractivity contribution is -0.126. The van der Waals surface area contributed by atoms with Crippen LogP contribution in [0.1, 0.15) is 43.4 Å². The first-order valence-electron chi connectivity index (χ1n) is 10.5. The molecule has 2 aromatic rings. The molecule has 1 aliphatic heterocycles. The van der Waals surface area contributed by atoms with E-state index in [1.54, 1.807) is 31.4 Å². The van der Waals surface area contributed by atoms with Gasteiger partial charge in [0.05, 0.1) is 24.8 Å². The Bertz CT molecular complexity index is 978. The highest BCUT2D eigenvalue weighted by molar-refractivity contribution is 7.88. The van der Waals surface area contributed by atoms with Crippen LogP contribution >= 0.6 is 11.6 Å². The summed E-state index contributed by atoms with van der Waals surface area (Å²) in [6.45, 7) is 2.66. The first-order valence-corrected chi connectivity index (χ1v) is 12.5. The second-order valence-electron chi connectivity index (χ2n) is 7.82. The molecule has 3 rings (SSSR count). The minimum absolute atomic E-state index is 0.0953. The number of benzene rings is 2. The van der Waals surface area contributed by atoms with E-state index in [4.69, 9.17) is 16.3 Å². The standard InChI is InChI=1S/C23H29ClN2O4S/c1-3-22(18-8-12-21(30-2)13-9-18)25-23(27)19-5-4-14-26(15-19)31(28,29)16-17-6-10-20(24)11-7-17/h6-13,19,22H,3-5,14-16H2,1-2H3,(H,25,27). The van der Waals surface area contributed by atoms with E-state index in [-0.39, 0.29) is 30.2 Å². The van der Waals surface area contributed by atoms with E-state index in [9.17, 15) is 13.2 Å². The maximum absolute atomic E-state index is 13.0. The van der Waals surface area contributed by atoms with E-state index < -0.39 is 10.0 Å². The van der Waals surface area contributed by atoms with Gasteiger partial charge in [-0.1, -0.05) is 42.8 Å². The Labute approximate surface area is 189 Å². The second kappa shape index (κ2) is 10.5. The van der Waals surface area contributed by atoms with Gasteiger partial charge >= 0.3 is 0 Å². The van der Waals surface area contributed by atoms with Crippen LogP contribution in [-0.2, 0) is 20.6 Å². The van der Waals surface area contributed by atoms with Crippen molar-refractivity contribution in [3.63, 3.8) is 0 Å². The van der Waals surface area contributed by atoms with E-state index in [1.165, 1.54) is 4.31 Å². The summed E-state index contributed by atoms with van der Waals surface area (Å²) >= 11 is 5.89. The smallest absolute Gasteiger partial charge is 0.224 e. The normalized spacial score (nSPS) is 18.4. The molecule has 2 unspecified atom stereocenters. The lowest BCUT2D eigenvalue weighted by Crippen LogP contribution is -2.46. The van der Waals surface area contributed by atoms with Gasteiger partial charge in [0.1, 0.15) is 5.75 Å². The SMILES string of the molecule is CCC(NC(=O)C1CCCN(S(=O)(=O)Cc2ccc(Cl)cc2)C1)c1ccc(OC)cc1. The van der Waals surface area contributed by atoms with Crippen LogP contribution in [0.3, 0.4) is 0 Å². The van der Waals surface area contributed by atoms with Gasteiger partial charge in [-0.25, -0.2) is 12.7 Å². The topological polar surface area (TPSA) is 75.7 Å². The molecule has 31 heavy (non-hydrogen) atoms. The summed E-state index contributed by atoms with van der Waals surface area (Å²) in [6, 6.07) is 14.3. The van der Waals surface area contributed by atoms with Crippen LogP contribution < -0.4 is 10.1 Å². The number of amides is 1. The maximum Gasteiger partial charge on any atom is 0.224 e. The molecule has 0 spiro atoms. The Hall–Kier alpha value is -2.09. The number of nitrogens with one attached hydrogen (secondary N) is 1. The van der Waals surface area contributed by atoms with E-state index in [0.717, 1.165) is 17.7 Å². The largest absolute Gasteiger partial charge is 0.497 e. The molecule has 0 radical (unpaired) electrons. The third kappa shape index (κ3) is 6.21. The zero-order valence-electron chi connectivity index (χ0n) is 17.9. The zero-order valence-corrected chi connectivity index (χ0v) is 19.5. The fourth-order valence-electron chi connectivity index (χ4n) is 3.84. The van der Waals surface area contributed by atoms with Crippen LogP contribution in [0.2, 0.25) is 5.02 Å². The van der Waals surface area contributed by atoms with Crippen molar-refractivity contribution in [2.45, 2.75) is 38.0 Å². The van der Waals surface area contributed by atoms with Crippen LogP contribution in [0.5, 0.6) is 5.75 Å². The van der Waals surface area contributed by atoms with Gasteiger partial charge in [0.2, 0.25) is 15.9 Å².